The summed E-state index contributed by atoms with van der Waals surface area (Å²) < 4.78 is 7.45. The van der Waals surface area contributed by atoms with E-state index in [9.17, 15) is 4.79 Å². The van der Waals surface area contributed by atoms with E-state index < -0.39 is 0 Å². The maximum atomic E-state index is 13.4. The molecule has 3 aromatic carbocycles. The summed E-state index contributed by atoms with van der Waals surface area (Å²) in [7, 11) is 0. The van der Waals surface area contributed by atoms with E-state index in [1.807, 2.05) is 61.5 Å². The van der Waals surface area contributed by atoms with E-state index in [-0.39, 0.29) is 5.56 Å². The van der Waals surface area contributed by atoms with E-state index in [1.54, 1.807) is 22.8 Å². The molecule has 158 valence electrons. The number of nitrogens with zero attached hydrogens (tertiary/aromatic N) is 4. The summed E-state index contributed by atoms with van der Waals surface area (Å²) in [5.41, 5.74) is 2.99. The highest BCUT2D eigenvalue weighted by Gasteiger charge is 2.17. The lowest BCUT2D eigenvalue weighted by Gasteiger charge is -2.14. The Morgan fingerprint density at radius 1 is 1.00 bits per heavy atom. The minimum Gasteiger partial charge on any atom is -0.420 e. The SMILES string of the molecule is Cc1ccccc1-n1c(SCc2nnc(-c3ccccc3)o2)nc2cc(Cl)ccc2c1=O. The summed E-state index contributed by atoms with van der Waals surface area (Å²) >= 11 is 7.51. The Balaban J connectivity index is 1.56. The molecule has 0 unspecified atom stereocenters. The minimum absolute atomic E-state index is 0.154. The first kappa shape index (κ1) is 20.5. The average molecular weight is 461 g/mol. The molecule has 32 heavy (non-hydrogen) atoms. The van der Waals surface area contributed by atoms with E-state index in [4.69, 9.17) is 21.0 Å². The molecule has 0 aliphatic carbocycles. The van der Waals surface area contributed by atoms with Gasteiger partial charge >= 0.3 is 0 Å². The topological polar surface area (TPSA) is 73.8 Å². The third kappa shape index (κ3) is 3.92. The van der Waals surface area contributed by atoms with Gasteiger partial charge in [-0.15, -0.1) is 10.2 Å². The molecule has 0 aliphatic heterocycles. The number of aryl methyl sites for hydroxylation is 1. The number of hydrogen-bond acceptors (Lipinski definition) is 6. The van der Waals surface area contributed by atoms with Gasteiger partial charge in [0.15, 0.2) is 5.16 Å². The number of halogens is 1. The molecule has 8 heteroatoms. The molecule has 2 aromatic heterocycles. The first-order valence-electron chi connectivity index (χ1n) is 9.89. The van der Waals surface area contributed by atoms with Crippen molar-refractivity contribution in [3.63, 3.8) is 0 Å². The highest BCUT2D eigenvalue weighted by molar-refractivity contribution is 7.98. The first-order valence-corrected chi connectivity index (χ1v) is 11.3. The number of hydrogen-bond donors (Lipinski definition) is 0. The van der Waals surface area contributed by atoms with Crippen molar-refractivity contribution in [2.45, 2.75) is 17.8 Å². The molecule has 5 aromatic rings. The summed E-state index contributed by atoms with van der Waals surface area (Å²) in [5.74, 6) is 1.27. The number of benzene rings is 3. The van der Waals surface area contributed by atoms with Gasteiger partial charge in [0.2, 0.25) is 11.8 Å². The fraction of sp³-hybridized carbons (Fsp3) is 0.0833. The van der Waals surface area contributed by atoms with Crippen LogP contribution in [0.2, 0.25) is 5.02 Å². The molecule has 0 N–H and O–H groups in total. The van der Waals surface area contributed by atoms with Gasteiger partial charge in [-0.05, 0) is 48.9 Å². The Hall–Kier alpha value is -3.42. The quantitative estimate of drug-likeness (QED) is 0.248. The van der Waals surface area contributed by atoms with Gasteiger partial charge in [-0.3, -0.25) is 9.36 Å². The van der Waals surface area contributed by atoms with Crippen LogP contribution in [0.25, 0.3) is 28.0 Å². The molecule has 0 radical (unpaired) electrons. The van der Waals surface area contributed by atoms with Gasteiger partial charge in [0.05, 0.1) is 22.3 Å². The second-order valence-corrected chi connectivity index (χ2v) is 8.52. The van der Waals surface area contributed by atoms with Gasteiger partial charge in [-0.1, -0.05) is 59.8 Å². The van der Waals surface area contributed by atoms with Crippen LogP contribution >= 0.6 is 23.4 Å². The molecule has 0 bridgehead atoms. The van der Waals surface area contributed by atoms with Crippen LogP contribution in [0, 0.1) is 6.92 Å². The van der Waals surface area contributed by atoms with Gasteiger partial charge in [0, 0.05) is 10.6 Å². The van der Waals surface area contributed by atoms with Gasteiger partial charge < -0.3 is 4.42 Å². The normalized spacial score (nSPS) is 11.2. The Morgan fingerprint density at radius 2 is 1.78 bits per heavy atom. The van der Waals surface area contributed by atoms with E-state index >= 15 is 0 Å². The predicted molar refractivity (Wildman–Crippen MR) is 126 cm³/mol. The van der Waals surface area contributed by atoms with Gasteiger partial charge in [-0.2, -0.15) is 0 Å². The van der Waals surface area contributed by atoms with Crippen LogP contribution < -0.4 is 5.56 Å². The largest absolute Gasteiger partial charge is 0.420 e. The molecular formula is C24H17ClN4O2S. The highest BCUT2D eigenvalue weighted by atomic mass is 35.5. The molecule has 0 saturated carbocycles. The molecule has 2 heterocycles. The molecule has 5 rings (SSSR count). The third-order valence-electron chi connectivity index (χ3n) is 4.97. The van der Waals surface area contributed by atoms with Crippen molar-refractivity contribution in [1.29, 1.82) is 0 Å². The Morgan fingerprint density at radius 3 is 2.59 bits per heavy atom. The molecule has 0 spiro atoms. The van der Waals surface area contributed by atoms with Gasteiger partial charge in [0.25, 0.3) is 5.56 Å². The molecule has 6 nitrogen and oxygen atoms in total. The zero-order valence-electron chi connectivity index (χ0n) is 17.0. The van der Waals surface area contributed by atoms with E-state index in [1.165, 1.54) is 11.8 Å². The van der Waals surface area contributed by atoms with Crippen molar-refractivity contribution < 1.29 is 4.42 Å². The summed E-state index contributed by atoms with van der Waals surface area (Å²) in [6, 6.07) is 22.4. The van der Waals surface area contributed by atoms with Crippen LogP contribution in [0.3, 0.4) is 0 Å². The van der Waals surface area contributed by atoms with Crippen molar-refractivity contribution in [3.8, 4) is 17.1 Å². The summed E-state index contributed by atoms with van der Waals surface area (Å²) in [5, 5.41) is 9.85. The summed E-state index contributed by atoms with van der Waals surface area (Å²) in [6.07, 6.45) is 0. The lowest BCUT2D eigenvalue weighted by Crippen LogP contribution is -2.22. The van der Waals surface area contributed by atoms with E-state index in [0.717, 1.165) is 16.8 Å². The molecule has 0 amide bonds. The molecular weight excluding hydrogens is 444 g/mol. The number of para-hydroxylation sites is 1. The van der Waals surface area contributed by atoms with Crippen LogP contribution in [0.15, 0.2) is 87.2 Å². The molecule has 0 saturated heterocycles. The Bertz CT molecular complexity index is 1480. The van der Waals surface area contributed by atoms with Crippen LogP contribution in [-0.2, 0) is 5.75 Å². The summed E-state index contributed by atoms with van der Waals surface area (Å²) in [6.45, 7) is 1.96. The minimum atomic E-state index is -0.154. The van der Waals surface area contributed by atoms with E-state index in [2.05, 4.69) is 10.2 Å². The molecule has 0 fully saturated rings. The smallest absolute Gasteiger partial charge is 0.266 e. The number of thioether (sulfide) groups is 1. The number of rotatable bonds is 5. The average Bonchev–Trinajstić information content (AvgIpc) is 3.28. The Labute approximate surface area is 192 Å². The zero-order chi connectivity index (χ0) is 22.1. The van der Waals surface area contributed by atoms with Gasteiger partial charge in [-0.25, -0.2) is 4.98 Å². The van der Waals surface area contributed by atoms with Crippen molar-refractivity contribution in [2.24, 2.45) is 0 Å². The van der Waals surface area contributed by atoms with Crippen LogP contribution in [0.5, 0.6) is 0 Å². The second kappa shape index (κ2) is 8.61. The highest BCUT2D eigenvalue weighted by Crippen LogP contribution is 2.27. The maximum Gasteiger partial charge on any atom is 0.266 e. The Kier molecular flexibility index (Phi) is 5.51. The molecule has 0 aliphatic rings. The van der Waals surface area contributed by atoms with Crippen molar-refractivity contribution >= 4 is 34.3 Å². The van der Waals surface area contributed by atoms with Crippen molar-refractivity contribution in [2.75, 3.05) is 0 Å². The standard InChI is InChI=1S/C24H17ClN4O2S/c1-15-7-5-6-10-20(15)29-23(30)18-12-11-17(25)13-19(18)26-24(29)32-14-21-27-28-22(31-21)16-8-3-2-4-9-16/h2-13H,14H2,1H3. The number of aromatic nitrogens is 4. The van der Waals surface area contributed by atoms with Crippen LogP contribution in [0.4, 0.5) is 0 Å². The van der Waals surface area contributed by atoms with Crippen LogP contribution in [0.1, 0.15) is 11.5 Å². The van der Waals surface area contributed by atoms with E-state index in [0.29, 0.717) is 38.6 Å². The monoisotopic (exact) mass is 460 g/mol. The third-order valence-corrected chi connectivity index (χ3v) is 6.13. The lowest BCUT2D eigenvalue weighted by molar-refractivity contribution is 0.528. The van der Waals surface area contributed by atoms with Crippen molar-refractivity contribution in [3.05, 3.63) is 99.6 Å². The predicted octanol–water partition coefficient (Wildman–Crippen LogP) is 5.69. The van der Waals surface area contributed by atoms with Gasteiger partial charge in [0.1, 0.15) is 0 Å². The molecule has 0 atom stereocenters. The maximum absolute atomic E-state index is 13.4. The lowest BCUT2D eigenvalue weighted by atomic mass is 10.2. The number of fused-ring (bicyclic) bond motifs is 1. The summed E-state index contributed by atoms with van der Waals surface area (Å²) in [4.78, 5) is 18.2. The zero-order valence-corrected chi connectivity index (χ0v) is 18.6. The van der Waals surface area contributed by atoms with Crippen LogP contribution in [-0.4, -0.2) is 19.7 Å². The fourth-order valence-electron chi connectivity index (χ4n) is 3.40. The first-order chi connectivity index (χ1) is 15.6. The fourth-order valence-corrected chi connectivity index (χ4v) is 4.41. The van der Waals surface area contributed by atoms with Crippen molar-refractivity contribution in [1.82, 2.24) is 19.7 Å². The second-order valence-electron chi connectivity index (χ2n) is 7.14.